The van der Waals surface area contributed by atoms with E-state index in [9.17, 15) is 9.59 Å². The first kappa shape index (κ1) is 37.8. The van der Waals surface area contributed by atoms with E-state index in [1.165, 1.54) is 89.9 Å². The zero-order valence-electron chi connectivity index (χ0n) is 27.9. The molecule has 1 saturated heterocycles. The summed E-state index contributed by atoms with van der Waals surface area (Å²) in [6.45, 7) is 4.19. The minimum Gasteiger partial charge on any atom is -0.446 e. The number of ether oxygens (including phenoxy) is 3. The van der Waals surface area contributed by atoms with Gasteiger partial charge in [0.2, 0.25) is 0 Å². The minimum atomic E-state index is -0.758. The SMILES string of the molecule is CCCCCCCCCCCCCCCCCCNC(=O)OCC1(COC(=O)NCCCCCc2ccccn2)CCCO1. The van der Waals surface area contributed by atoms with E-state index < -0.39 is 17.8 Å². The van der Waals surface area contributed by atoms with Crippen molar-refractivity contribution in [3.63, 3.8) is 0 Å². The number of aryl methyl sites for hydroxylation is 1. The first-order valence-electron chi connectivity index (χ1n) is 18.0. The van der Waals surface area contributed by atoms with Crippen LogP contribution in [-0.2, 0) is 20.6 Å². The molecule has 1 unspecified atom stereocenters. The standard InChI is InChI=1S/C36H63N3O5/c1-2-3-4-5-6-7-8-9-10-11-12-13-14-15-16-20-28-38-34(40)42-31-36(26-23-30-44-36)32-43-35(41)39-29-21-17-18-24-33-25-19-22-27-37-33/h19,22,25,27H,2-18,20-21,23-24,26,28-32H2,1H3,(H,38,40)(H,39,41). The molecular weight excluding hydrogens is 554 g/mol. The molecule has 252 valence electrons. The van der Waals surface area contributed by atoms with Crippen LogP contribution in [0.3, 0.4) is 0 Å². The highest BCUT2D eigenvalue weighted by molar-refractivity contribution is 5.67. The highest BCUT2D eigenvalue weighted by Crippen LogP contribution is 2.26. The van der Waals surface area contributed by atoms with E-state index in [-0.39, 0.29) is 13.2 Å². The molecule has 2 N–H and O–H groups in total. The lowest BCUT2D eigenvalue weighted by molar-refractivity contribution is -0.0770. The summed E-state index contributed by atoms with van der Waals surface area (Å²) >= 11 is 0. The Morgan fingerprint density at radius 2 is 1.23 bits per heavy atom. The van der Waals surface area contributed by atoms with E-state index in [1.54, 1.807) is 0 Å². The van der Waals surface area contributed by atoms with Gasteiger partial charge < -0.3 is 24.8 Å². The number of unbranched alkanes of at least 4 members (excludes halogenated alkanes) is 17. The molecule has 2 amide bonds. The lowest BCUT2D eigenvalue weighted by atomic mass is 10.0. The van der Waals surface area contributed by atoms with E-state index in [2.05, 4.69) is 22.5 Å². The summed E-state index contributed by atoms with van der Waals surface area (Å²) in [6, 6.07) is 5.95. The van der Waals surface area contributed by atoms with Gasteiger partial charge in [-0.1, -0.05) is 116 Å². The second-order valence-electron chi connectivity index (χ2n) is 12.6. The second-order valence-corrected chi connectivity index (χ2v) is 12.6. The number of pyridine rings is 1. The fourth-order valence-electron chi connectivity index (χ4n) is 5.73. The summed E-state index contributed by atoms with van der Waals surface area (Å²) in [5.74, 6) is 0. The molecule has 1 atom stereocenters. The van der Waals surface area contributed by atoms with Crippen molar-refractivity contribution < 1.29 is 23.8 Å². The van der Waals surface area contributed by atoms with Crippen LogP contribution in [0.2, 0.25) is 0 Å². The molecule has 44 heavy (non-hydrogen) atoms. The fraction of sp³-hybridized carbons (Fsp3) is 0.806. The molecule has 1 aliphatic rings. The van der Waals surface area contributed by atoms with Crippen molar-refractivity contribution in [2.75, 3.05) is 32.9 Å². The van der Waals surface area contributed by atoms with E-state index in [4.69, 9.17) is 14.2 Å². The number of carbonyl (C=O) groups is 2. The number of alkyl carbamates (subject to hydrolysis) is 2. The van der Waals surface area contributed by atoms with Crippen molar-refractivity contribution in [3.8, 4) is 0 Å². The maximum atomic E-state index is 12.2. The Balaban J connectivity index is 1.39. The van der Waals surface area contributed by atoms with Gasteiger partial charge in [0.05, 0.1) is 0 Å². The van der Waals surface area contributed by atoms with Crippen LogP contribution in [0.1, 0.15) is 147 Å². The number of hydrogen-bond acceptors (Lipinski definition) is 6. The van der Waals surface area contributed by atoms with Gasteiger partial charge in [0.1, 0.15) is 18.8 Å². The Morgan fingerprint density at radius 3 is 1.68 bits per heavy atom. The maximum Gasteiger partial charge on any atom is 0.407 e. The Labute approximate surface area is 268 Å². The van der Waals surface area contributed by atoms with Gasteiger partial charge in [0, 0.05) is 31.6 Å². The Kier molecular flexibility index (Phi) is 22.3. The van der Waals surface area contributed by atoms with Crippen LogP contribution < -0.4 is 10.6 Å². The quantitative estimate of drug-likeness (QED) is 0.0956. The smallest absolute Gasteiger partial charge is 0.407 e. The van der Waals surface area contributed by atoms with E-state index >= 15 is 0 Å². The summed E-state index contributed by atoms with van der Waals surface area (Å²) in [7, 11) is 0. The van der Waals surface area contributed by atoms with Gasteiger partial charge in [0.15, 0.2) is 0 Å². The molecule has 1 aromatic rings. The third kappa shape index (κ3) is 19.8. The van der Waals surface area contributed by atoms with Crippen molar-refractivity contribution in [2.45, 2.75) is 154 Å². The van der Waals surface area contributed by atoms with E-state index in [0.717, 1.165) is 50.6 Å². The number of amides is 2. The number of nitrogens with zero attached hydrogens (tertiary/aromatic N) is 1. The molecule has 0 aliphatic carbocycles. The molecule has 0 radical (unpaired) electrons. The van der Waals surface area contributed by atoms with Crippen LogP contribution in [0.15, 0.2) is 24.4 Å². The molecule has 1 aromatic heterocycles. The maximum absolute atomic E-state index is 12.2. The molecule has 8 nitrogen and oxygen atoms in total. The normalized spacial score (nSPS) is 16.1. The predicted molar refractivity (Wildman–Crippen MR) is 178 cm³/mol. The summed E-state index contributed by atoms with van der Waals surface area (Å²) in [6.07, 6.45) is 27.6. The topological polar surface area (TPSA) is 98.8 Å². The number of hydrogen-bond donors (Lipinski definition) is 2. The minimum absolute atomic E-state index is 0.0743. The predicted octanol–water partition coefficient (Wildman–Crippen LogP) is 9.06. The molecular formula is C36H63N3O5. The highest BCUT2D eigenvalue weighted by Gasteiger charge is 2.38. The average Bonchev–Trinajstić information content (AvgIpc) is 3.52. The van der Waals surface area contributed by atoms with Crippen LogP contribution >= 0.6 is 0 Å². The van der Waals surface area contributed by atoms with E-state index in [0.29, 0.717) is 26.1 Å². The van der Waals surface area contributed by atoms with Gasteiger partial charge >= 0.3 is 12.2 Å². The Morgan fingerprint density at radius 1 is 0.727 bits per heavy atom. The molecule has 0 saturated carbocycles. The Bertz CT molecular complexity index is 832. The molecule has 0 bridgehead atoms. The van der Waals surface area contributed by atoms with Crippen molar-refractivity contribution in [3.05, 3.63) is 30.1 Å². The van der Waals surface area contributed by atoms with Crippen molar-refractivity contribution >= 4 is 12.2 Å². The van der Waals surface area contributed by atoms with Crippen molar-refractivity contribution in [1.82, 2.24) is 15.6 Å². The summed E-state index contributed by atoms with van der Waals surface area (Å²) < 4.78 is 16.8. The zero-order valence-corrected chi connectivity index (χ0v) is 27.9. The van der Waals surface area contributed by atoms with Crippen molar-refractivity contribution in [2.24, 2.45) is 0 Å². The first-order valence-corrected chi connectivity index (χ1v) is 18.0. The van der Waals surface area contributed by atoms with Gasteiger partial charge in [-0.05, 0) is 50.7 Å². The highest BCUT2D eigenvalue weighted by atomic mass is 16.6. The van der Waals surface area contributed by atoms with Crippen LogP contribution in [0.5, 0.6) is 0 Å². The Hall–Kier alpha value is -2.35. The summed E-state index contributed by atoms with van der Waals surface area (Å²) in [5.41, 5.74) is 0.337. The number of rotatable bonds is 27. The molecule has 1 fully saturated rings. The lowest BCUT2D eigenvalue weighted by Gasteiger charge is -2.27. The van der Waals surface area contributed by atoms with Gasteiger partial charge in [-0.25, -0.2) is 9.59 Å². The van der Waals surface area contributed by atoms with Gasteiger partial charge in [-0.3, -0.25) is 4.98 Å². The van der Waals surface area contributed by atoms with Crippen LogP contribution in [0.4, 0.5) is 9.59 Å². The van der Waals surface area contributed by atoms with Crippen LogP contribution in [-0.4, -0.2) is 55.7 Å². The first-order chi connectivity index (χ1) is 21.6. The molecule has 0 aromatic carbocycles. The summed E-state index contributed by atoms with van der Waals surface area (Å²) in [5, 5.41) is 5.66. The third-order valence-corrected chi connectivity index (χ3v) is 8.52. The van der Waals surface area contributed by atoms with Crippen molar-refractivity contribution in [1.29, 1.82) is 0 Å². The molecule has 2 heterocycles. The van der Waals surface area contributed by atoms with E-state index in [1.807, 2.05) is 24.4 Å². The second kappa shape index (κ2) is 25.9. The number of carbonyl (C=O) groups excluding carboxylic acids is 2. The van der Waals surface area contributed by atoms with Crippen LogP contribution in [0.25, 0.3) is 0 Å². The summed E-state index contributed by atoms with van der Waals surface area (Å²) in [4.78, 5) is 28.8. The number of nitrogens with one attached hydrogen (secondary N) is 2. The molecule has 1 aliphatic heterocycles. The monoisotopic (exact) mass is 617 g/mol. The zero-order chi connectivity index (χ0) is 31.4. The molecule has 0 spiro atoms. The molecule has 8 heteroatoms. The average molecular weight is 618 g/mol. The van der Waals surface area contributed by atoms with Gasteiger partial charge in [-0.15, -0.1) is 0 Å². The fourth-order valence-corrected chi connectivity index (χ4v) is 5.73. The number of aromatic nitrogens is 1. The lowest BCUT2D eigenvalue weighted by Crippen LogP contribution is -2.43. The van der Waals surface area contributed by atoms with Gasteiger partial charge in [0.25, 0.3) is 0 Å². The van der Waals surface area contributed by atoms with Gasteiger partial charge in [-0.2, -0.15) is 0 Å². The molecule has 2 rings (SSSR count). The van der Waals surface area contributed by atoms with Crippen LogP contribution in [0, 0.1) is 0 Å². The largest absolute Gasteiger partial charge is 0.446 e. The third-order valence-electron chi connectivity index (χ3n) is 8.52.